The number of likely N-dealkylation sites (tertiary alicyclic amines) is 1. The van der Waals surface area contributed by atoms with Gasteiger partial charge in [-0.05, 0) is 40.5 Å². The highest BCUT2D eigenvalue weighted by Gasteiger charge is 2.37. The van der Waals surface area contributed by atoms with Crippen molar-refractivity contribution in [3.63, 3.8) is 0 Å². The van der Waals surface area contributed by atoms with Gasteiger partial charge >= 0.3 is 0 Å². The molecule has 0 saturated carbocycles. The molecule has 2 rings (SSSR count). The maximum atomic E-state index is 12.7. The molecule has 0 aliphatic carbocycles. The van der Waals surface area contributed by atoms with Crippen molar-refractivity contribution in [3.05, 3.63) is 11.4 Å². The van der Waals surface area contributed by atoms with E-state index in [1.807, 2.05) is 18.7 Å². The molecule has 0 unspecified atom stereocenters. The van der Waals surface area contributed by atoms with Crippen molar-refractivity contribution in [1.29, 1.82) is 0 Å². The molecule has 0 bridgehead atoms. The van der Waals surface area contributed by atoms with Gasteiger partial charge in [-0.1, -0.05) is 0 Å². The van der Waals surface area contributed by atoms with Gasteiger partial charge in [0.15, 0.2) is 0 Å². The van der Waals surface area contributed by atoms with Gasteiger partial charge in [0.1, 0.15) is 5.69 Å². The first kappa shape index (κ1) is 12.9. The zero-order valence-electron chi connectivity index (χ0n) is 11.7. The number of aromatic nitrogens is 2. The van der Waals surface area contributed by atoms with Crippen LogP contribution in [0.2, 0.25) is 0 Å². The van der Waals surface area contributed by atoms with Crippen LogP contribution in [0.5, 0.6) is 0 Å². The predicted molar refractivity (Wildman–Crippen MR) is 71.4 cm³/mol. The molecule has 18 heavy (non-hydrogen) atoms. The molecule has 5 heteroatoms. The number of rotatable bonds is 2. The Labute approximate surface area is 108 Å². The Morgan fingerprint density at radius 3 is 2.67 bits per heavy atom. The average molecular weight is 250 g/mol. The van der Waals surface area contributed by atoms with Crippen LogP contribution in [-0.2, 0) is 6.54 Å². The normalized spacial score (nSPS) is 18.3. The summed E-state index contributed by atoms with van der Waals surface area (Å²) in [4.78, 5) is 14.6. The quantitative estimate of drug-likeness (QED) is 0.870. The van der Waals surface area contributed by atoms with Crippen LogP contribution in [0, 0.1) is 6.92 Å². The highest BCUT2D eigenvalue weighted by Crippen LogP contribution is 2.31. The Hall–Kier alpha value is -1.52. The number of hydrogen-bond donors (Lipinski definition) is 1. The summed E-state index contributed by atoms with van der Waals surface area (Å²) in [6, 6.07) is 0. The second-order valence-electron chi connectivity index (χ2n) is 5.54. The van der Waals surface area contributed by atoms with E-state index in [0.29, 0.717) is 17.9 Å². The molecule has 1 saturated heterocycles. The van der Waals surface area contributed by atoms with Crippen molar-refractivity contribution >= 4 is 11.6 Å². The van der Waals surface area contributed by atoms with Gasteiger partial charge in [0, 0.05) is 18.6 Å². The Balaban J connectivity index is 2.40. The highest BCUT2D eigenvalue weighted by atomic mass is 16.2. The molecular weight excluding hydrogens is 228 g/mol. The van der Waals surface area contributed by atoms with Gasteiger partial charge < -0.3 is 10.6 Å². The summed E-state index contributed by atoms with van der Waals surface area (Å²) in [7, 11) is 0. The van der Waals surface area contributed by atoms with E-state index in [9.17, 15) is 4.79 Å². The summed E-state index contributed by atoms with van der Waals surface area (Å²) in [5.41, 5.74) is 7.72. The van der Waals surface area contributed by atoms with Crippen molar-refractivity contribution in [1.82, 2.24) is 14.7 Å². The standard InChI is InChI=1S/C13H22N4O/c1-5-17-11(10(14)9(2)15-17)12(18)16-8-6-7-13(16,3)4/h5-8,14H2,1-4H3. The first-order chi connectivity index (χ1) is 8.38. The van der Waals surface area contributed by atoms with E-state index >= 15 is 0 Å². The van der Waals surface area contributed by atoms with E-state index in [1.54, 1.807) is 4.68 Å². The minimum absolute atomic E-state index is 0.0115. The molecule has 1 aromatic heterocycles. The van der Waals surface area contributed by atoms with Crippen LogP contribution < -0.4 is 5.73 Å². The number of aryl methyl sites for hydroxylation is 2. The van der Waals surface area contributed by atoms with E-state index in [4.69, 9.17) is 5.73 Å². The molecule has 1 fully saturated rings. The topological polar surface area (TPSA) is 64.2 Å². The Morgan fingerprint density at radius 1 is 1.50 bits per heavy atom. The third-order valence-corrected chi connectivity index (χ3v) is 3.82. The van der Waals surface area contributed by atoms with Gasteiger partial charge in [-0.15, -0.1) is 0 Å². The van der Waals surface area contributed by atoms with Crippen LogP contribution in [0.1, 0.15) is 49.8 Å². The van der Waals surface area contributed by atoms with Gasteiger partial charge in [0.05, 0.1) is 11.4 Å². The monoisotopic (exact) mass is 250 g/mol. The van der Waals surface area contributed by atoms with E-state index in [1.165, 1.54) is 0 Å². The van der Waals surface area contributed by atoms with E-state index in [0.717, 1.165) is 25.1 Å². The summed E-state index contributed by atoms with van der Waals surface area (Å²) < 4.78 is 1.71. The molecule has 1 amide bonds. The predicted octanol–water partition coefficient (Wildman–Crippen LogP) is 1.81. The maximum Gasteiger partial charge on any atom is 0.274 e. The number of nitrogens with zero attached hydrogens (tertiary/aromatic N) is 3. The molecule has 100 valence electrons. The van der Waals surface area contributed by atoms with Crippen LogP contribution in [0.15, 0.2) is 0 Å². The molecule has 0 aromatic carbocycles. The van der Waals surface area contributed by atoms with Crippen molar-refractivity contribution < 1.29 is 4.79 Å². The first-order valence-corrected chi connectivity index (χ1v) is 6.53. The average Bonchev–Trinajstić information content (AvgIpc) is 2.79. The SMILES string of the molecule is CCn1nc(C)c(N)c1C(=O)N1CCCC1(C)C. The number of hydrogen-bond acceptors (Lipinski definition) is 3. The third kappa shape index (κ3) is 1.87. The van der Waals surface area contributed by atoms with Crippen LogP contribution in [0.25, 0.3) is 0 Å². The molecule has 1 aromatic rings. The summed E-state index contributed by atoms with van der Waals surface area (Å²) in [6.45, 7) is 9.49. The van der Waals surface area contributed by atoms with Crippen molar-refractivity contribution in [2.24, 2.45) is 0 Å². The van der Waals surface area contributed by atoms with Gasteiger partial charge in [-0.25, -0.2) is 0 Å². The first-order valence-electron chi connectivity index (χ1n) is 6.53. The Morgan fingerprint density at radius 2 is 2.17 bits per heavy atom. The number of carbonyl (C=O) groups excluding carboxylic acids is 1. The van der Waals surface area contributed by atoms with Gasteiger partial charge in [0.2, 0.25) is 0 Å². The fraction of sp³-hybridized carbons (Fsp3) is 0.692. The second-order valence-corrected chi connectivity index (χ2v) is 5.54. The molecule has 0 atom stereocenters. The lowest BCUT2D eigenvalue weighted by atomic mass is 10.0. The summed E-state index contributed by atoms with van der Waals surface area (Å²) >= 11 is 0. The van der Waals surface area contributed by atoms with E-state index in [2.05, 4.69) is 18.9 Å². The number of anilines is 1. The Kier molecular flexibility index (Phi) is 3.09. The van der Waals surface area contributed by atoms with Crippen LogP contribution in [0.4, 0.5) is 5.69 Å². The van der Waals surface area contributed by atoms with Gasteiger partial charge in [-0.3, -0.25) is 9.48 Å². The number of nitrogens with two attached hydrogens (primary N) is 1. The number of amides is 1. The number of nitrogen functional groups attached to an aromatic ring is 1. The Bertz CT molecular complexity index is 476. The molecule has 1 aliphatic heterocycles. The lowest BCUT2D eigenvalue weighted by Crippen LogP contribution is -2.43. The zero-order valence-corrected chi connectivity index (χ0v) is 11.7. The van der Waals surface area contributed by atoms with Crippen LogP contribution in [-0.4, -0.2) is 32.7 Å². The minimum Gasteiger partial charge on any atom is -0.395 e. The van der Waals surface area contributed by atoms with Gasteiger partial charge in [-0.2, -0.15) is 5.10 Å². The lowest BCUT2D eigenvalue weighted by molar-refractivity contribution is 0.0640. The molecule has 2 heterocycles. The van der Waals surface area contributed by atoms with Crippen molar-refractivity contribution in [2.45, 2.75) is 52.6 Å². The fourth-order valence-electron chi connectivity index (χ4n) is 2.66. The molecule has 1 aliphatic rings. The minimum atomic E-state index is -0.0831. The maximum absolute atomic E-state index is 12.7. The zero-order chi connectivity index (χ0) is 13.5. The van der Waals surface area contributed by atoms with E-state index < -0.39 is 0 Å². The molecular formula is C13H22N4O. The van der Waals surface area contributed by atoms with Crippen molar-refractivity contribution in [3.8, 4) is 0 Å². The lowest BCUT2D eigenvalue weighted by Gasteiger charge is -2.31. The highest BCUT2D eigenvalue weighted by molar-refractivity contribution is 5.98. The second kappa shape index (κ2) is 4.30. The fourth-order valence-corrected chi connectivity index (χ4v) is 2.66. The van der Waals surface area contributed by atoms with Crippen LogP contribution >= 0.6 is 0 Å². The van der Waals surface area contributed by atoms with Crippen LogP contribution in [0.3, 0.4) is 0 Å². The number of carbonyl (C=O) groups is 1. The molecule has 0 radical (unpaired) electrons. The molecule has 5 nitrogen and oxygen atoms in total. The summed E-state index contributed by atoms with van der Waals surface area (Å²) in [5, 5.41) is 4.31. The van der Waals surface area contributed by atoms with Crippen molar-refractivity contribution in [2.75, 3.05) is 12.3 Å². The van der Waals surface area contributed by atoms with E-state index in [-0.39, 0.29) is 11.4 Å². The smallest absolute Gasteiger partial charge is 0.274 e. The summed E-state index contributed by atoms with van der Waals surface area (Å²) in [5.74, 6) is 0.0115. The molecule has 0 spiro atoms. The molecule has 2 N–H and O–H groups in total. The van der Waals surface area contributed by atoms with Gasteiger partial charge in [0.25, 0.3) is 5.91 Å². The third-order valence-electron chi connectivity index (χ3n) is 3.82. The summed E-state index contributed by atoms with van der Waals surface area (Å²) in [6.07, 6.45) is 2.09. The largest absolute Gasteiger partial charge is 0.395 e.